The zero-order valence-electron chi connectivity index (χ0n) is 11.1. The van der Waals surface area contributed by atoms with Gasteiger partial charge < -0.3 is 5.32 Å². The molecule has 0 unspecified atom stereocenters. The molecule has 1 heterocycles. The molecule has 0 aliphatic rings. The second kappa shape index (κ2) is 5.48. The SMILES string of the molecule is CNc1cnnc(-c2ccc(-c3ccccc3)cc2)n1. The van der Waals surface area contributed by atoms with Crippen LogP contribution in [0.2, 0.25) is 0 Å². The van der Waals surface area contributed by atoms with E-state index in [2.05, 4.69) is 44.8 Å². The normalized spacial score (nSPS) is 10.2. The summed E-state index contributed by atoms with van der Waals surface area (Å²) in [6, 6.07) is 18.4. The van der Waals surface area contributed by atoms with Gasteiger partial charge in [0.25, 0.3) is 0 Å². The first-order valence-corrected chi connectivity index (χ1v) is 6.40. The van der Waals surface area contributed by atoms with E-state index in [1.54, 1.807) is 6.20 Å². The van der Waals surface area contributed by atoms with E-state index in [0.717, 1.165) is 5.56 Å². The van der Waals surface area contributed by atoms with Gasteiger partial charge in [-0.2, -0.15) is 5.10 Å². The predicted molar refractivity (Wildman–Crippen MR) is 80.2 cm³/mol. The zero-order chi connectivity index (χ0) is 13.8. The highest BCUT2D eigenvalue weighted by atomic mass is 15.2. The summed E-state index contributed by atoms with van der Waals surface area (Å²) in [6.45, 7) is 0. The van der Waals surface area contributed by atoms with E-state index in [4.69, 9.17) is 0 Å². The molecule has 0 bridgehead atoms. The van der Waals surface area contributed by atoms with Gasteiger partial charge in [-0.25, -0.2) is 4.98 Å². The number of hydrogen-bond acceptors (Lipinski definition) is 4. The minimum Gasteiger partial charge on any atom is -0.372 e. The van der Waals surface area contributed by atoms with Gasteiger partial charge in [-0.1, -0.05) is 54.6 Å². The van der Waals surface area contributed by atoms with E-state index < -0.39 is 0 Å². The van der Waals surface area contributed by atoms with Gasteiger partial charge in [0.05, 0.1) is 6.20 Å². The van der Waals surface area contributed by atoms with Gasteiger partial charge in [-0.05, 0) is 11.1 Å². The van der Waals surface area contributed by atoms with Crippen molar-refractivity contribution in [1.29, 1.82) is 0 Å². The zero-order valence-corrected chi connectivity index (χ0v) is 11.1. The largest absolute Gasteiger partial charge is 0.372 e. The lowest BCUT2D eigenvalue weighted by Crippen LogP contribution is -1.98. The van der Waals surface area contributed by atoms with Gasteiger partial charge >= 0.3 is 0 Å². The predicted octanol–water partition coefficient (Wildman–Crippen LogP) is 3.25. The summed E-state index contributed by atoms with van der Waals surface area (Å²) in [5, 5.41) is 11.0. The molecular weight excluding hydrogens is 248 g/mol. The quantitative estimate of drug-likeness (QED) is 0.787. The van der Waals surface area contributed by atoms with Crippen molar-refractivity contribution in [2.45, 2.75) is 0 Å². The van der Waals surface area contributed by atoms with Gasteiger partial charge in [-0.3, -0.25) is 0 Å². The number of rotatable bonds is 3. The minimum atomic E-state index is 0.622. The van der Waals surface area contributed by atoms with Crippen molar-refractivity contribution < 1.29 is 0 Å². The highest BCUT2D eigenvalue weighted by molar-refractivity contribution is 5.67. The Bertz CT molecular complexity index is 693. The van der Waals surface area contributed by atoms with Gasteiger partial charge in [-0.15, -0.1) is 5.10 Å². The Morgan fingerprint density at radius 2 is 1.45 bits per heavy atom. The first-order chi connectivity index (χ1) is 9.86. The van der Waals surface area contributed by atoms with Crippen molar-refractivity contribution in [3.05, 3.63) is 60.8 Å². The molecule has 3 rings (SSSR count). The Balaban J connectivity index is 1.93. The molecule has 98 valence electrons. The van der Waals surface area contributed by atoms with Crippen LogP contribution in [-0.2, 0) is 0 Å². The third-order valence-corrected chi connectivity index (χ3v) is 3.07. The molecule has 0 radical (unpaired) electrons. The van der Waals surface area contributed by atoms with Crippen LogP contribution in [0.3, 0.4) is 0 Å². The van der Waals surface area contributed by atoms with E-state index in [1.165, 1.54) is 11.1 Å². The molecule has 3 aromatic rings. The fraction of sp³-hybridized carbons (Fsp3) is 0.0625. The molecule has 0 saturated carbocycles. The monoisotopic (exact) mass is 262 g/mol. The van der Waals surface area contributed by atoms with Crippen molar-refractivity contribution in [3.63, 3.8) is 0 Å². The maximum atomic E-state index is 4.38. The molecule has 4 nitrogen and oxygen atoms in total. The molecule has 0 spiro atoms. The number of anilines is 1. The lowest BCUT2D eigenvalue weighted by atomic mass is 10.0. The average Bonchev–Trinajstić information content (AvgIpc) is 2.56. The van der Waals surface area contributed by atoms with Gasteiger partial charge in [0, 0.05) is 12.6 Å². The highest BCUT2D eigenvalue weighted by Crippen LogP contribution is 2.22. The van der Waals surface area contributed by atoms with Crippen molar-refractivity contribution in [2.75, 3.05) is 12.4 Å². The van der Waals surface area contributed by atoms with Crippen LogP contribution in [0.25, 0.3) is 22.5 Å². The molecule has 0 aliphatic carbocycles. The molecule has 1 aromatic heterocycles. The Hall–Kier alpha value is -2.75. The number of nitrogens with zero attached hydrogens (tertiary/aromatic N) is 3. The Kier molecular flexibility index (Phi) is 3.37. The first kappa shape index (κ1) is 12.3. The summed E-state index contributed by atoms with van der Waals surface area (Å²) in [5.41, 5.74) is 3.32. The summed E-state index contributed by atoms with van der Waals surface area (Å²) in [7, 11) is 1.81. The molecule has 4 heteroatoms. The molecule has 0 atom stereocenters. The maximum Gasteiger partial charge on any atom is 0.183 e. The molecule has 0 fully saturated rings. The van der Waals surface area contributed by atoms with Gasteiger partial charge in [0.1, 0.15) is 5.82 Å². The molecule has 1 N–H and O–H groups in total. The highest BCUT2D eigenvalue weighted by Gasteiger charge is 2.04. The van der Waals surface area contributed by atoms with Crippen LogP contribution in [0.5, 0.6) is 0 Å². The smallest absolute Gasteiger partial charge is 0.183 e. The Labute approximate surface area is 117 Å². The summed E-state index contributed by atoms with van der Waals surface area (Å²) in [4.78, 5) is 4.38. The molecular formula is C16H14N4. The molecule has 0 aliphatic heterocycles. The van der Waals surface area contributed by atoms with E-state index in [9.17, 15) is 0 Å². The first-order valence-electron chi connectivity index (χ1n) is 6.40. The fourth-order valence-corrected chi connectivity index (χ4v) is 1.99. The van der Waals surface area contributed by atoms with E-state index >= 15 is 0 Å². The maximum absolute atomic E-state index is 4.38. The topological polar surface area (TPSA) is 50.7 Å². The lowest BCUT2D eigenvalue weighted by Gasteiger charge is -2.04. The summed E-state index contributed by atoms with van der Waals surface area (Å²) < 4.78 is 0. The van der Waals surface area contributed by atoms with Crippen LogP contribution in [-0.4, -0.2) is 22.2 Å². The van der Waals surface area contributed by atoms with Crippen molar-refractivity contribution in [2.24, 2.45) is 0 Å². The minimum absolute atomic E-state index is 0.622. The summed E-state index contributed by atoms with van der Waals surface area (Å²) in [5.74, 6) is 1.33. The van der Waals surface area contributed by atoms with Crippen LogP contribution in [0.15, 0.2) is 60.8 Å². The molecule has 0 amide bonds. The molecule has 2 aromatic carbocycles. The van der Waals surface area contributed by atoms with Crippen LogP contribution < -0.4 is 5.32 Å². The van der Waals surface area contributed by atoms with Crippen LogP contribution >= 0.6 is 0 Å². The van der Waals surface area contributed by atoms with Crippen molar-refractivity contribution in [3.8, 4) is 22.5 Å². The molecule has 0 saturated heterocycles. The van der Waals surface area contributed by atoms with Gasteiger partial charge in [0.2, 0.25) is 0 Å². The second-order valence-electron chi connectivity index (χ2n) is 4.36. The average molecular weight is 262 g/mol. The van der Waals surface area contributed by atoms with Crippen molar-refractivity contribution >= 4 is 5.82 Å². The third kappa shape index (κ3) is 2.49. The van der Waals surface area contributed by atoms with Crippen molar-refractivity contribution in [1.82, 2.24) is 15.2 Å². The third-order valence-electron chi connectivity index (χ3n) is 3.07. The Morgan fingerprint density at radius 3 is 2.15 bits per heavy atom. The standard InChI is InChI=1S/C16H14N4/c1-17-15-11-18-20-16(19-15)14-9-7-13(8-10-14)12-5-3-2-4-6-12/h2-11H,1H3,(H,17,19,20). The van der Waals surface area contributed by atoms with Gasteiger partial charge in [0.15, 0.2) is 5.82 Å². The summed E-state index contributed by atoms with van der Waals surface area (Å²) >= 11 is 0. The van der Waals surface area contributed by atoms with E-state index in [0.29, 0.717) is 11.6 Å². The van der Waals surface area contributed by atoms with E-state index in [1.807, 2.05) is 37.4 Å². The van der Waals surface area contributed by atoms with E-state index in [-0.39, 0.29) is 0 Å². The fourth-order valence-electron chi connectivity index (χ4n) is 1.99. The Morgan fingerprint density at radius 1 is 0.800 bits per heavy atom. The number of aromatic nitrogens is 3. The van der Waals surface area contributed by atoms with Crippen LogP contribution in [0.4, 0.5) is 5.82 Å². The lowest BCUT2D eigenvalue weighted by molar-refractivity contribution is 0.981. The van der Waals surface area contributed by atoms with Crippen LogP contribution in [0.1, 0.15) is 0 Å². The number of hydrogen-bond donors (Lipinski definition) is 1. The second-order valence-corrected chi connectivity index (χ2v) is 4.36. The molecule has 20 heavy (non-hydrogen) atoms. The number of benzene rings is 2. The number of nitrogens with one attached hydrogen (secondary N) is 1. The van der Waals surface area contributed by atoms with Crippen LogP contribution in [0, 0.1) is 0 Å². The summed E-state index contributed by atoms with van der Waals surface area (Å²) in [6.07, 6.45) is 1.60.